The van der Waals surface area contributed by atoms with E-state index in [1.165, 1.54) is 116 Å². The van der Waals surface area contributed by atoms with E-state index in [9.17, 15) is 34.5 Å². The Bertz CT molecular complexity index is 999. The summed E-state index contributed by atoms with van der Waals surface area (Å²) in [5, 5.41) is 38.2. The molecule has 0 aromatic rings. The molecule has 0 saturated carbocycles. The van der Waals surface area contributed by atoms with Gasteiger partial charge in [0.15, 0.2) is 0 Å². The van der Waals surface area contributed by atoms with E-state index in [0.717, 1.165) is 57.8 Å². The smallest absolute Gasteiger partial charge is 0.306 e. The van der Waals surface area contributed by atoms with Gasteiger partial charge in [0.05, 0.1) is 38.2 Å². The van der Waals surface area contributed by atoms with Crippen LogP contribution >= 0.6 is 0 Å². The largest absolute Gasteiger partial charge is 0.462 e. The van der Waals surface area contributed by atoms with Crippen molar-refractivity contribution in [2.45, 2.75) is 263 Å². The zero-order chi connectivity index (χ0) is 43.6. The molecule has 0 rings (SSSR count). The Kier molecular flexibility index (Phi) is 40.8. The van der Waals surface area contributed by atoms with Crippen LogP contribution in [0, 0.1) is 0 Å². The van der Waals surface area contributed by atoms with Crippen molar-refractivity contribution in [3.8, 4) is 0 Å². The minimum atomic E-state index is -1.16. The highest BCUT2D eigenvalue weighted by molar-refractivity contribution is 5.88. The highest BCUT2D eigenvalue weighted by atomic mass is 16.5. The van der Waals surface area contributed by atoms with Crippen molar-refractivity contribution >= 4 is 23.7 Å². The molecule has 0 aliphatic rings. The maximum atomic E-state index is 13.1. The van der Waals surface area contributed by atoms with Crippen LogP contribution < -0.4 is 16.0 Å². The second kappa shape index (κ2) is 42.5. The number of hydrogen-bond acceptors (Lipinski definition) is 8. The lowest BCUT2D eigenvalue weighted by molar-refractivity contribution is -0.151. The fourth-order valence-electron chi connectivity index (χ4n) is 7.55. The van der Waals surface area contributed by atoms with E-state index in [0.29, 0.717) is 32.1 Å². The quantitative estimate of drug-likeness (QED) is 0.0260. The summed E-state index contributed by atoms with van der Waals surface area (Å²) >= 11 is 0. The van der Waals surface area contributed by atoms with Gasteiger partial charge in [-0.15, -0.1) is 0 Å². The molecule has 0 aliphatic heterocycles. The number of nitrogens with one attached hydrogen (secondary N) is 3. The van der Waals surface area contributed by atoms with Crippen LogP contribution in [-0.4, -0.2) is 83.1 Å². The van der Waals surface area contributed by atoms with Crippen molar-refractivity contribution in [3.63, 3.8) is 0 Å². The molecule has 3 amide bonds. The van der Waals surface area contributed by atoms with Gasteiger partial charge in [-0.2, -0.15) is 0 Å². The van der Waals surface area contributed by atoms with Crippen molar-refractivity contribution in [1.29, 1.82) is 0 Å². The summed E-state index contributed by atoms with van der Waals surface area (Å²) in [4.78, 5) is 51.3. The summed E-state index contributed by atoms with van der Waals surface area (Å²) in [6.45, 7) is 6.01. The molecule has 11 nitrogen and oxygen atoms in total. The zero-order valence-electron chi connectivity index (χ0n) is 38.4. The van der Waals surface area contributed by atoms with Crippen LogP contribution in [0.25, 0.3) is 0 Å². The predicted octanol–water partition coefficient (Wildman–Crippen LogP) is 9.65. The van der Waals surface area contributed by atoms with Crippen LogP contribution in [0.4, 0.5) is 0 Å². The third kappa shape index (κ3) is 37.3. The first-order chi connectivity index (χ1) is 28.7. The molecule has 0 bridgehead atoms. The van der Waals surface area contributed by atoms with E-state index >= 15 is 0 Å². The first-order valence-corrected chi connectivity index (χ1v) is 24.7. The van der Waals surface area contributed by atoms with Crippen LogP contribution in [0.1, 0.15) is 239 Å². The number of aliphatic hydroxyl groups excluding tert-OH is 3. The summed E-state index contributed by atoms with van der Waals surface area (Å²) in [6, 6.07) is -1.67. The second-order valence-corrected chi connectivity index (χ2v) is 17.2. The maximum Gasteiger partial charge on any atom is 0.306 e. The summed E-state index contributed by atoms with van der Waals surface area (Å²) in [5.41, 5.74) is 0. The number of unbranched alkanes of at least 4 members (excludes halogenated alkanes) is 24. The summed E-state index contributed by atoms with van der Waals surface area (Å²) in [7, 11) is 0. The molecule has 11 heteroatoms. The van der Waals surface area contributed by atoms with Gasteiger partial charge in [-0.1, -0.05) is 181 Å². The van der Waals surface area contributed by atoms with Gasteiger partial charge >= 0.3 is 5.97 Å². The normalized spacial score (nSPS) is 13.4. The lowest BCUT2D eigenvalue weighted by Crippen LogP contribution is -2.49. The van der Waals surface area contributed by atoms with Gasteiger partial charge in [-0.25, -0.2) is 0 Å². The number of aliphatic hydroxyl groups is 3. The summed E-state index contributed by atoms with van der Waals surface area (Å²) in [5.74, 6) is -1.60. The van der Waals surface area contributed by atoms with E-state index < -0.39 is 42.7 Å². The van der Waals surface area contributed by atoms with E-state index in [2.05, 4.69) is 36.7 Å². The van der Waals surface area contributed by atoms with E-state index in [1.54, 1.807) is 0 Å². The Balaban J connectivity index is 4.67. The minimum Gasteiger partial charge on any atom is -0.462 e. The average molecular weight is 840 g/mol. The lowest BCUT2D eigenvalue weighted by Gasteiger charge is -2.21. The molecule has 0 fully saturated rings. The Hall–Kier alpha value is -2.24. The van der Waals surface area contributed by atoms with Gasteiger partial charge < -0.3 is 36.0 Å². The van der Waals surface area contributed by atoms with Crippen molar-refractivity contribution in [2.24, 2.45) is 0 Å². The third-order valence-corrected chi connectivity index (χ3v) is 11.3. The molecule has 4 atom stereocenters. The van der Waals surface area contributed by atoms with Crippen molar-refractivity contribution in [1.82, 2.24) is 16.0 Å². The summed E-state index contributed by atoms with van der Waals surface area (Å²) < 4.78 is 5.82. The van der Waals surface area contributed by atoms with Crippen molar-refractivity contribution < 1.29 is 39.2 Å². The van der Waals surface area contributed by atoms with Crippen molar-refractivity contribution in [2.75, 3.05) is 19.8 Å². The molecule has 0 heterocycles. The van der Waals surface area contributed by atoms with Gasteiger partial charge in [0.2, 0.25) is 17.7 Å². The number of hydrogen-bond donors (Lipinski definition) is 6. The Labute approximate surface area is 361 Å². The molecule has 0 radical (unpaired) electrons. The van der Waals surface area contributed by atoms with Crippen LogP contribution in [0.3, 0.4) is 0 Å². The van der Waals surface area contributed by atoms with Crippen LogP contribution in [0.15, 0.2) is 0 Å². The molecular weight excluding hydrogens is 747 g/mol. The monoisotopic (exact) mass is 840 g/mol. The first kappa shape index (κ1) is 56.8. The Morgan fingerprint density at radius 1 is 0.492 bits per heavy atom. The average Bonchev–Trinajstić information content (AvgIpc) is 3.21. The van der Waals surface area contributed by atoms with E-state index in [4.69, 9.17) is 4.74 Å². The summed E-state index contributed by atoms with van der Waals surface area (Å²) in [6.07, 6.45) is 32.5. The van der Waals surface area contributed by atoms with E-state index in [-0.39, 0.29) is 37.9 Å². The molecular formula is C48H93N3O8. The SMILES string of the molecule is CCCCCCCCCCCC(=O)O[C@H](CCCCCCCCCCC)CC(=O)N[C@H](CO)C(=O)NCCC[C@H](CO)NC(=O)C[C@H](O)CCCCCCCCCCC. The molecule has 348 valence electrons. The number of ether oxygens (including phenoxy) is 1. The van der Waals surface area contributed by atoms with Gasteiger partial charge in [0.1, 0.15) is 12.1 Å². The first-order valence-electron chi connectivity index (χ1n) is 24.7. The Morgan fingerprint density at radius 2 is 0.932 bits per heavy atom. The van der Waals surface area contributed by atoms with Crippen molar-refractivity contribution in [3.05, 3.63) is 0 Å². The standard InChI is InChI=1S/C48H93N3O8/c1-4-7-10-13-16-19-22-25-28-33-42(54)37-45(55)50-41(39-52)32-31-36-49-48(58)44(40-53)51-46(56)38-43(34-29-26-23-20-17-14-11-8-5-2)59-47(57)35-30-27-24-21-18-15-12-9-6-3/h41-44,52-54H,4-40H2,1-3H3,(H,49,58)(H,50,55)(H,51,56)/t41-,42-,43-,44-/m1/s1. The number of esters is 1. The number of carbonyl (C=O) groups excluding carboxylic acids is 4. The number of carbonyl (C=O) groups is 4. The molecule has 0 aliphatic carbocycles. The van der Waals surface area contributed by atoms with E-state index in [1.807, 2.05) is 0 Å². The fourth-order valence-corrected chi connectivity index (χ4v) is 7.55. The zero-order valence-corrected chi connectivity index (χ0v) is 38.4. The van der Waals surface area contributed by atoms with Crippen LogP contribution in [0.2, 0.25) is 0 Å². The minimum absolute atomic E-state index is 0.0132. The fraction of sp³-hybridized carbons (Fsp3) is 0.917. The highest BCUT2D eigenvalue weighted by Gasteiger charge is 2.24. The maximum absolute atomic E-state index is 13.1. The molecule has 59 heavy (non-hydrogen) atoms. The van der Waals surface area contributed by atoms with Gasteiger partial charge in [0, 0.05) is 13.0 Å². The third-order valence-electron chi connectivity index (χ3n) is 11.3. The topological polar surface area (TPSA) is 174 Å². The van der Waals surface area contributed by atoms with Gasteiger partial charge in [-0.3, -0.25) is 19.2 Å². The molecule has 0 unspecified atom stereocenters. The number of amides is 3. The molecule has 0 spiro atoms. The lowest BCUT2D eigenvalue weighted by atomic mass is 10.0. The second-order valence-electron chi connectivity index (χ2n) is 17.2. The Morgan fingerprint density at radius 3 is 1.41 bits per heavy atom. The van der Waals surface area contributed by atoms with Crippen LogP contribution in [0.5, 0.6) is 0 Å². The molecule has 0 aromatic carbocycles. The van der Waals surface area contributed by atoms with Gasteiger partial charge in [0.25, 0.3) is 0 Å². The molecule has 6 N–H and O–H groups in total. The van der Waals surface area contributed by atoms with Gasteiger partial charge in [-0.05, 0) is 38.5 Å². The molecule has 0 aromatic heterocycles. The highest BCUT2D eigenvalue weighted by Crippen LogP contribution is 2.17. The van der Waals surface area contributed by atoms with Crippen LogP contribution in [-0.2, 0) is 23.9 Å². The number of rotatable bonds is 44. The molecule has 0 saturated heterocycles. The predicted molar refractivity (Wildman–Crippen MR) is 241 cm³/mol.